The number of rotatable bonds is 2. The van der Waals surface area contributed by atoms with Crippen LogP contribution < -0.4 is 5.73 Å². The highest BCUT2D eigenvalue weighted by Crippen LogP contribution is 2.28. The van der Waals surface area contributed by atoms with Crippen molar-refractivity contribution in [2.24, 2.45) is 5.73 Å². The molecule has 0 aliphatic carbocycles. The summed E-state index contributed by atoms with van der Waals surface area (Å²) in [4.78, 5) is 14.0. The predicted molar refractivity (Wildman–Crippen MR) is 42.1 cm³/mol. The Kier molecular flexibility index (Phi) is 2.73. The molecule has 2 N–H and O–H groups in total. The second-order valence-corrected chi connectivity index (χ2v) is 2.68. The zero-order valence-electron chi connectivity index (χ0n) is 7.01. The van der Waals surface area contributed by atoms with Crippen molar-refractivity contribution in [1.29, 1.82) is 0 Å². The lowest BCUT2D eigenvalue weighted by Crippen LogP contribution is -2.15. The predicted octanol–water partition coefficient (Wildman–Crippen LogP) is 1.13. The van der Waals surface area contributed by atoms with Gasteiger partial charge in [0, 0.05) is 6.20 Å². The third-order valence-corrected chi connectivity index (χ3v) is 1.50. The van der Waals surface area contributed by atoms with E-state index in [1.807, 2.05) is 0 Å². The number of nitrogens with two attached hydrogens (primary N) is 1. The smallest absolute Gasteiger partial charge is 0.369 e. The summed E-state index contributed by atoms with van der Waals surface area (Å²) in [6.45, 7) is 0. The van der Waals surface area contributed by atoms with Crippen molar-refractivity contribution in [3.8, 4) is 0 Å². The first-order valence-corrected chi connectivity index (χ1v) is 3.70. The molecule has 0 aliphatic rings. The van der Waals surface area contributed by atoms with E-state index in [4.69, 9.17) is 5.73 Å². The van der Waals surface area contributed by atoms with E-state index in [1.165, 1.54) is 0 Å². The topological polar surface area (TPSA) is 56.0 Å². The van der Waals surface area contributed by atoms with Crippen LogP contribution in [0.1, 0.15) is 11.3 Å². The fraction of sp³-hybridized carbons (Fsp3) is 0.250. The molecule has 0 aromatic carbocycles. The maximum absolute atomic E-state index is 12.2. The van der Waals surface area contributed by atoms with Crippen LogP contribution in [0.3, 0.4) is 0 Å². The van der Waals surface area contributed by atoms with Crippen molar-refractivity contribution in [1.82, 2.24) is 4.98 Å². The summed E-state index contributed by atoms with van der Waals surface area (Å²) >= 11 is 0. The molecule has 1 amide bonds. The van der Waals surface area contributed by atoms with E-state index in [1.54, 1.807) is 0 Å². The second-order valence-electron chi connectivity index (χ2n) is 2.68. The third-order valence-electron chi connectivity index (χ3n) is 1.50. The highest BCUT2D eigenvalue weighted by atomic mass is 19.4. The second kappa shape index (κ2) is 3.65. The summed E-state index contributed by atoms with van der Waals surface area (Å²) in [5.74, 6) is -0.711. The van der Waals surface area contributed by atoms with Crippen LogP contribution in [0, 0.1) is 0 Å². The zero-order valence-corrected chi connectivity index (χ0v) is 7.01. The van der Waals surface area contributed by atoms with E-state index in [-0.39, 0.29) is 12.1 Å². The summed E-state index contributed by atoms with van der Waals surface area (Å²) < 4.78 is 36.5. The first-order chi connectivity index (χ1) is 6.39. The molecule has 0 saturated carbocycles. The van der Waals surface area contributed by atoms with E-state index in [2.05, 4.69) is 4.98 Å². The van der Waals surface area contributed by atoms with Gasteiger partial charge in [0.25, 0.3) is 0 Å². The van der Waals surface area contributed by atoms with Crippen molar-refractivity contribution in [2.45, 2.75) is 12.6 Å². The highest BCUT2D eigenvalue weighted by Gasteiger charge is 2.30. The first kappa shape index (κ1) is 10.5. The van der Waals surface area contributed by atoms with Crippen molar-refractivity contribution < 1.29 is 18.0 Å². The summed E-state index contributed by atoms with van der Waals surface area (Å²) in [7, 11) is 0. The molecule has 0 atom stereocenters. The fourth-order valence-electron chi connectivity index (χ4n) is 0.930. The molecule has 6 heteroatoms. The minimum absolute atomic E-state index is 0.0207. The normalized spacial score (nSPS) is 11.4. The lowest BCUT2D eigenvalue weighted by Gasteiger charge is -2.06. The number of primary amides is 1. The number of carbonyl (C=O) groups excluding carboxylic acids is 1. The molecular weight excluding hydrogens is 197 g/mol. The average Bonchev–Trinajstić information content (AvgIpc) is 2.01. The SMILES string of the molecule is NC(=O)Cc1cc(C(F)(F)F)ccn1. The molecule has 1 aromatic heterocycles. The molecule has 0 aliphatic heterocycles. The Balaban J connectivity index is 2.95. The zero-order chi connectivity index (χ0) is 10.8. The maximum atomic E-state index is 12.2. The minimum atomic E-state index is -4.42. The number of nitrogens with zero attached hydrogens (tertiary/aromatic N) is 1. The van der Waals surface area contributed by atoms with Crippen LogP contribution in [-0.4, -0.2) is 10.9 Å². The Labute approximate surface area is 77.7 Å². The van der Waals surface area contributed by atoms with Gasteiger partial charge in [-0.15, -0.1) is 0 Å². The van der Waals surface area contributed by atoms with Gasteiger partial charge in [0.15, 0.2) is 0 Å². The van der Waals surface area contributed by atoms with Crippen LogP contribution in [0.25, 0.3) is 0 Å². The van der Waals surface area contributed by atoms with Gasteiger partial charge >= 0.3 is 6.18 Å². The molecular formula is C8H7F3N2O. The monoisotopic (exact) mass is 204 g/mol. The standard InChI is InChI=1S/C8H7F3N2O/c9-8(10,11)5-1-2-13-6(3-5)4-7(12)14/h1-3H,4H2,(H2,12,14). The van der Waals surface area contributed by atoms with E-state index < -0.39 is 17.6 Å². The van der Waals surface area contributed by atoms with Crippen LogP contribution in [0.15, 0.2) is 18.3 Å². The Hall–Kier alpha value is -1.59. The number of amides is 1. The number of pyridine rings is 1. The molecule has 0 bridgehead atoms. The van der Waals surface area contributed by atoms with Crippen molar-refractivity contribution >= 4 is 5.91 Å². The van der Waals surface area contributed by atoms with E-state index in [0.29, 0.717) is 0 Å². The Bertz CT molecular complexity index is 349. The van der Waals surface area contributed by atoms with Crippen LogP contribution >= 0.6 is 0 Å². The van der Waals surface area contributed by atoms with Crippen LogP contribution in [0.5, 0.6) is 0 Å². The maximum Gasteiger partial charge on any atom is 0.416 e. The lowest BCUT2D eigenvalue weighted by atomic mass is 10.2. The van der Waals surface area contributed by atoms with Gasteiger partial charge in [-0.25, -0.2) is 0 Å². The van der Waals surface area contributed by atoms with Gasteiger partial charge in [-0.05, 0) is 12.1 Å². The van der Waals surface area contributed by atoms with Gasteiger partial charge in [0.05, 0.1) is 17.7 Å². The number of alkyl halides is 3. The van der Waals surface area contributed by atoms with Crippen molar-refractivity contribution in [2.75, 3.05) is 0 Å². The summed E-state index contributed by atoms with van der Waals surface area (Å²) in [6.07, 6.45) is -3.71. The molecule has 14 heavy (non-hydrogen) atoms. The fourth-order valence-corrected chi connectivity index (χ4v) is 0.930. The molecule has 76 valence electrons. The van der Waals surface area contributed by atoms with Crippen LogP contribution in [0.4, 0.5) is 13.2 Å². The minimum Gasteiger partial charge on any atom is -0.369 e. The van der Waals surface area contributed by atoms with Gasteiger partial charge < -0.3 is 5.73 Å². The van der Waals surface area contributed by atoms with Crippen LogP contribution in [-0.2, 0) is 17.4 Å². The molecule has 1 aromatic rings. The van der Waals surface area contributed by atoms with Gasteiger partial charge in [-0.2, -0.15) is 13.2 Å². The largest absolute Gasteiger partial charge is 0.416 e. The first-order valence-electron chi connectivity index (χ1n) is 3.70. The molecule has 1 rings (SSSR count). The molecule has 1 heterocycles. The van der Waals surface area contributed by atoms with Gasteiger partial charge in [0.1, 0.15) is 0 Å². The van der Waals surface area contributed by atoms with Crippen LogP contribution in [0.2, 0.25) is 0 Å². The Morgan fingerprint density at radius 3 is 2.64 bits per heavy atom. The summed E-state index contributed by atoms with van der Waals surface area (Å²) in [6, 6.07) is 1.65. The number of hydrogen-bond acceptors (Lipinski definition) is 2. The summed E-state index contributed by atoms with van der Waals surface area (Å²) in [5, 5.41) is 0. The average molecular weight is 204 g/mol. The molecule has 0 saturated heterocycles. The van der Waals surface area contributed by atoms with Gasteiger partial charge in [0.2, 0.25) is 5.91 Å². The third kappa shape index (κ3) is 2.72. The van der Waals surface area contributed by atoms with E-state index in [9.17, 15) is 18.0 Å². The number of carbonyl (C=O) groups is 1. The molecule has 0 radical (unpaired) electrons. The number of hydrogen-bond donors (Lipinski definition) is 1. The quantitative estimate of drug-likeness (QED) is 0.784. The van der Waals surface area contributed by atoms with Gasteiger partial charge in [-0.3, -0.25) is 9.78 Å². The Morgan fingerprint density at radius 2 is 2.14 bits per heavy atom. The molecule has 0 unspecified atom stereocenters. The Morgan fingerprint density at radius 1 is 1.50 bits per heavy atom. The summed E-state index contributed by atoms with van der Waals surface area (Å²) in [5.41, 5.74) is 4.01. The number of aromatic nitrogens is 1. The number of halogens is 3. The van der Waals surface area contributed by atoms with E-state index >= 15 is 0 Å². The molecule has 3 nitrogen and oxygen atoms in total. The highest BCUT2D eigenvalue weighted by molar-refractivity contribution is 5.76. The lowest BCUT2D eigenvalue weighted by molar-refractivity contribution is -0.137. The van der Waals surface area contributed by atoms with Crippen molar-refractivity contribution in [3.63, 3.8) is 0 Å². The van der Waals surface area contributed by atoms with E-state index in [0.717, 1.165) is 18.3 Å². The molecule has 0 fully saturated rings. The van der Waals surface area contributed by atoms with Gasteiger partial charge in [-0.1, -0.05) is 0 Å². The molecule has 0 spiro atoms. The van der Waals surface area contributed by atoms with Crippen molar-refractivity contribution in [3.05, 3.63) is 29.6 Å².